The number of aromatic nitrogens is 2. The Hall–Kier alpha value is -2.84. The lowest BCUT2D eigenvalue weighted by Gasteiger charge is -2.34. The first kappa shape index (κ1) is 20.4. The van der Waals surface area contributed by atoms with Crippen molar-refractivity contribution >= 4 is 34.0 Å². The second kappa shape index (κ2) is 8.89. The number of hydrogen-bond acceptors (Lipinski definition) is 7. The summed E-state index contributed by atoms with van der Waals surface area (Å²) in [5.74, 6) is 1.19. The Balaban J connectivity index is 1.48. The van der Waals surface area contributed by atoms with Gasteiger partial charge in [-0.1, -0.05) is 29.0 Å². The Morgan fingerprint density at radius 3 is 2.50 bits per heavy atom. The zero-order valence-corrected chi connectivity index (χ0v) is 18.2. The van der Waals surface area contributed by atoms with Crippen LogP contribution in [0, 0.1) is 0 Å². The van der Waals surface area contributed by atoms with Crippen molar-refractivity contribution in [3.05, 3.63) is 52.6 Å². The van der Waals surface area contributed by atoms with Crippen molar-refractivity contribution in [2.45, 2.75) is 0 Å². The number of hydrogen-bond donors (Lipinski definition) is 0. The average molecular weight is 445 g/mol. The second-order valence-electron chi connectivity index (χ2n) is 6.70. The number of carbonyl (C=O) groups is 1. The molecule has 0 N–H and O–H groups in total. The predicted octanol–water partition coefficient (Wildman–Crippen LogP) is 3.84. The summed E-state index contributed by atoms with van der Waals surface area (Å²) in [6.07, 6.45) is 1.66. The molecule has 0 saturated carbocycles. The molecule has 156 valence electrons. The predicted molar refractivity (Wildman–Crippen MR) is 118 cm³/mol. The van der Waals surface area contributed by atoms with E-state index in [0.717, 1.165) is 10.7 Å². The van der Waals surface area contributed by atoms with Crippen LogP contribution in [0.2, 0.25) is 4.34 Å². The fraction of sp³-hybridized carbons (Fsp3) is 0.286. The summed E-state index contributed by atoms with van der Waals surface area (Å²) < 4.78 is 11.3. The Bertz CT molecular complexity index is 1050. The molecule has 7 nitrogen and oxygen atoms in total. The van der Waals surface area contributed by atoms with Gasteiger partial charge in [-0.15, -0.1) is 0 Å². The van der Waals surface area contributed by atoms with Gasteiger partial charge >= 0.3 is 0 Å². The number of benzene rings is 1. The van der Waals surface area contributed by atoms with E-state index in [9.17, 15) is 4.79 Å². The number of halogens is 1. The highest BCUT2D eigenvalue weighted by molar-refractivity contribution is 7.19. The van der Waals surface area contributed by atoms with Crippen LogP contribution in [-0.4, -0.2) is 61.2 Å². The van der Waals surface area contributed by atoms with Crippen LogP contribution < -0.4 is 14.4 Å². The Morgan fingerprint density at radius 1 is 1.07 bits per heavy atom. The molecule has 1 fully saturated rings. The third-order valence-corrected chi connectivity index (χ3v) is 6.13. The highest BCUT2D eigenvalue weighted by atomic mass is 35.5. The highest BCUT2D eigenvalue weighted by Gasteiger charge is 2.24. The molecular formula is C21H21ClN4O3S. The summed E-state index contributed by atoms with van der Waals surface area (Å²) in [5, 5.41) is 0.890. The summed E-state index contributed by atoms with van der Waals surface area (Å²) in [5.41, 5.74) is 1.98. The molecule has 1 aliphatic heterocycles. The topological polar surface area (TPSA) is 67.8 Å². The van der Waals surface area contributed by atoms with Gasteiger partial charge in [0, 0.05) is 31.7 Å². The smallest absolute Gasteiger partial charge is 0.272 e. The highest BCUT2D eigenvalue weighted by Crippen LogP contribution is 2.32. The molecule has 3 heterocycles. The first-order valence-electron chi connectivity index (χ1n) is 9.44. The van der Waals surface area contributed by atoms with Crippen LogP contribution in [0.15, 0.2) is 42.6 Å². The van der Waals surface area contributed by atoms with Gasteiger partial charge in [0.1, 0.15) is 10.0 Å². The average Bonchev–Trinajstić information content (AvgIpc) is 3.24. The van der Waals surface area contributed by atoms with E-state index in [4.69, 9.17) is 21.1 Å². The first-order chi connectivity index (χ1) is 14.6. The number of amides is 1. The number of methoxy groups -OCH3 is 2. The van der Waals surface area contributed by atoms with Gasteiger partial charge in [-0.2, -0.15) is 0 Å². The molecule has 1 aromatic carbocycles. The molecule has 4 rings (SSSR count). The van der Waals surface area contributed by atoms with Crippen LogP contribution in [-0.2, 0) is 0 Å². The third kappa shape index (κ3) is 4.20. The lowest BCUT2D eigenvalue weighted by molar-refractivity contribution is 0.0741. The zero-order chi connectivity index (χ0) is 21.1. The van der Waals surface area contributed by atoms with Crippen LogP contribution in [0.4, 0.5) is 5.13 Å². The van der Waals surface area contributed by atoms with Crippen LogP contribution >= 0.6 is 22.9 Å². The quantitative estimate of drug-likeness (QED) is 0.595. The van der Waals surface area contributed by atoms with E-state index >= 15 is 0 Å². The SMILES string of the molecule is COc1ccc(-c2cccc(C(=O)N3CCN(c4ncc(Cl)s4)CC3)n2)cc1OC. The van der Waals surface area contributed by atoms with Gasteiger partial charge in [0.05, 0.1) is 26.1 Å². The molecule has 0 bridgehead atoms. The second-order valence-corrected chi connectivity index (χ2v) is 8.34. The molecule has 0 radical (unpaired) electrons. The Kier molecular flexibility index (Phi) is 6.06. The van der Waals surface area contributed by atoms with Crippen molar-refractivity contribution in [1.29, 1.82) is 0 Å². The number of nitrogens with zero attached hydrogens (tertiary/aromatic N) is 4. The lowest BCUT2D eigenvalue weighted by atomic mass is 10.1. The molecule has 1 saturated heterocycles. The monoisotopic (exact) mass is 444 g/mol. The van der Waals surface area contributed by atoms with E-state index in [0.29, 0.717) is 53.4 Å². The van der Waals surface area contributed by atoms with E-state index in [2.05, 4.69) is 14.9 Å². The molecule has 0 unspecified atom stereocenters. The fourth-order valence-electron chi connectivity index (χ4n) is 3.37. The van der Waals surface area contributed by atoms with Crippen molar-refractivity contribution in [2.24, 2.45) is 0 Å². The summed E-state index contributed by atoms with van der Waals surface area (Å²) >= 11 is 7.43. The summed E-state index contributed by atoms with van der Waals surface area (Å²) in [7, 11) is 3.19. The minimum atomic E-state index is -0.0749. The molecule has 30 heavy (non-hydrogen) atoms. The van der Waals surface area contributed by atoms with Crippen LogP contribution in [0.25, 0.3) is 11.3 Å². The summed E-state index contributed by atoms with van der Waals surface area (Å²) in [6.45, 7) is 2.65. The summed E-state index contributed by atoms with van der Waals surface area (Å²) in [4.78, 5) is 25.9. The number of thiazole rings is 1. The van der Waals surface area contributed by atoms with E-state index in [-0.39, 0.29) is 5.91 Å². The number of rotatable bonds is 5. The van der Waals surface area contributed by atoms with E-state index in [1.54, 1.807) is 26.5 Å². The number of carbonyl (C=O) groups excluding carboxylic acids is 1. The van der Waals surface area contributed by atoms with Crippen molar-refractivity contribution in [1.82, 2.24) is 14.9 Å². The van der Waals surface area contributed by atoms with Crippen molar-refractivity contribution < 1.29 is 14.3 Å². The molecular weight excluding hydrogens is 424 g/mol. The number of ether oxygens (including phenoxy) is 2. The van der Waals surface area contributed by atoms with E-state index in [1.165, 1.54) is 11.3 Å². The van der Waals surface area contributed by atoms with Gasteiger partial charge in [0.2, 0.25) is 0 Å². The maximum absolute atomic E-state index is 13.0. The first-order valence-corrected chi connectivity index (χ1v) is 10.6. The molecule has 2 aromatic heterocycles. The third-order valence-electron chi connectivity index (χ3n) is 4.95. The fourth-order valence-corrected chi connectivity index (χ4v) is 4.32. The minimum absolute atomic E-state index is 0.0749. The largest absolute Gasteiger partial charge is 0.493 e. The molecule has 9 heteroatoms. The molecule has 0 spiro atoms. The minimum Gasteiger partial charge on any atom is -0.493 e. The van der Waals surface area contributed by atoms with E-state index in [1.807, 2.05) is 35.2 Å². The number of pyridine rings is 1. The Morgan fingerprint density at radius 2 is 1.83 bits per heavy atom. The van der Waals surface area contributed by atoms with Crippen LogP contribution in [0.3, 0.4) is 0 Å². The normalized spacial score (nSPS) is 14.0. The van der Waals surface area contributed by atoms with Crippen molar-refractivity contribution in [2.75, 3.05) is 45.3 Å². The van der Waals surface area contributed by atoms with Gasteiger partial charge in [-0.25, -0.2) is 9.97 Å². The van der Waals surface area contributed by atoms with Gasteiger partial charge in [-0.05, 0) is 30.3 Å². The van der Waals surface area contributed by atoms with Crippen LogP contribution in [0.5, 0.6) is 11.5 Å². The zero-order valence-electron chi connectivity index (χ0n) is 16.7. The maximum Gasteiger partial charge on any atom is 0.272 e. The van der Waals surface area contributed by atoms with Crippen LogP contribution in [0.1, 0.15) is 10.5 Å². The number of anilines is 1. The standard InChI is InChI=1S/C21H21ClN4O3S/c1-28-17-7-6-14(12-18(17)29-2)15-4-3-5-16(24-15)20(27)25-8-10-26(11-9-25)21-23-13-19(22)30-21/h3-7,12-13H,8-11H2,1-2H3. The van der Waals surface area contributed by atoms with Gasteiger partial charge in [-0.3, -0.25) is 4.79 Å². The maximum atomic E-state index is 13.0. The molecule has 0 aliphatic carbocycles. The van der Waals surface area contributed by atoms with Crippen molar-refractivity contribution in [3.63, 3.8) is 0 Å². The van der Waals surface area contributed by atoms with Gasteiger partial charge in [0.25, 0.3) is 5.91 Å². The van der Waals surface area contributed by atoms with Crippen molar-refractivity contribution in [3.8, 4) is 22.8 Å². The number of piperazine rings is 1. The molecule has 0 atom stereocenters. The lowest BCUT2D eigenvalue weighted by Crippen LogP contribution is -2.49. The molecule has 1 amide bonds. The summed E-state index contributed by atoms with van der Waals surface area (Å²) in [6, 6.07) is 11.1. The van der Waals surface area contributed by atoms with Gasteiger partial charge in [0.15, 0.2) is 16.6 Å². The molecule has 1 aliphatic rings. The van der Waals surface area contributed by atoms with E-state index < -0.39 is 0 Å². The Labute approximate surface area is 183 Å². The molecule has 3 aromatic rings. The van der Waals surface area contributed by atoms with Gasteiger partial charge < -0.3 is 19.3 Å².